The maximum Gasteiger partial charge on any atom is 0.262 e. The van der Waals surface area contributed by atoms with E-state index < -0.39 is 0 Å². The fourth-order valence-electron chi connectivity index (χ4n) is 1.70. The number of nitrogens with zero attached hydrogens (tertiary/aromatic N) is 1. The van der Waals surface area contributed by atoms with Crippen molar-refractivity contribution in [3.05, 3.63) is 54.1 Å². The third-order valence-electron chi connectivity index (χ3n) is 2.69. The largest absolute Gasteiger partial charge is 0.497 e. The summed E-state index contributed by atoms with van der Waals surface area (Å²) in [6.45, 7) is -0.133. The second-order valence-electron chi connectivity index (χ2n) is 4.21. The van der Waals surface area contributed by atoms with E-state index in [1.165, 1.54) is 0 Å². The first-order valence-electron chi connectivity index (χ1n) is 6.28. The minimum Gasteiger partial charge on any atom is -0.497 e. The third kappa shape index (κ3) is 4.25. The molecule has 1 N–H and O–H groups in total. The van der Waals surface area contributed by atoms with Crippen LogP contribution in [0.3, 0.4) is 0 Å². The Labute approximate surface area is 122 Å². The molecule has 1 amide bonds. The van der Waals surface area contributed by atoms with Crippen molar-refractivity contribution >= 4 is 11.6 Å². The number of benzene rings is 2. The molecule has 0 aliphatic heterocycles. The number of anilines is 1. The molecule has 5 nitrogen and oxygen atoms in total. The lowest BCUT2D eigenvalue weighted by molar-refractivity contribution is -0.118. The lowest BCUT2D eigenvalue weighted by Gasteiger charge is -2.08. The predicted molar refractivity (Wildman–Crippen MR) is 78.3 cm³/mol. The van der Waals surface area contributed by atoms with E-state index in [4.69, 9.17) is 14.7 Å². The van der Waals surface area contributed by atoms with Gasteiger partial charge in [-0.25, -0.2) is 0 Å². The van der Waals surface area contributed by atoms with E-state index >= 15 is 0 Å². The molecule has 0 heterocycles. The number of nitrogens with one attached hydrogen (secondary N) is 1. The van der Waals surface area contributed by atoms with Gasteiger partial charge < -0.3 is 14.8 Å². The molecule has 2 aromatic rings. The second-order valence-corrected chi connectivity index (χ2v) is 4.21. The molecule has 2 aromatic carbocycles. The molecule has 21 heavy (non-hydrogen) atoms. The van der Waals surface area contributed by atoms with E-state index in [1.807, 2.05) is 6.07 Å². The van der Waals surface area contributed by atoms with Crippen molar-refractivity contribution in [3.8, 4) is 17.6 Å². The zero-order chi connectivity index (χ0) is 15.1. The minimum atomic E-state index is -0.286. The van der Waals surface area contributed by atoms with Gasteiger partial charge in [0.25, 0.3) is 5.91 Å². The van der Waals surface area contributed by atoms with Crippen LogP contribution in [-0.4, -0.2) is 19.6 Å². The van der Waals surface area contributed by atoms with Gasteiger partial charge in [0.05, 0.1) is 18.7 Å². The Hall–Kier alpha value is -3.00. The number of nitriles is 1. The summed E-state index contributed by atoms with van der Waals surface area (Å²) in [4.78, 5) is 11.8. The minimum absolute atomic E-state index is 0.133. The number of hydrogen-bond acceptors (Lipinski definition) is 4. The molecule has 5 heteroatoms. The SMILES string of the molecule is COc1cccc(NC(=O)COc2cccc(C#N)c2)c1. The topological polar surface area (TPSA) is 71.3 Å². The Morgan fingerprint density at radius 2 is 1.95 bits per heavy atom. The number of carbonyl (C=O) groups is 1. The van der Waals surface area contributed by atoms with Crippen LogP contribution in [0.5, 0.6) is 11.5 Å². The number of hydrogen-bond donors (Lipinski definition) is 1. The molecule has 0 radical (unpaired) electrons. The summed E-state index contributed by atoms with van der Waals surface area (Å²) in [5.74, 6) is 0.857. The number of carbonyl (C=O) groups excluding carboxylic acids is 1. The molecule has 0 atom stereocenters. The molecular weight excluding hydrogens is 268 g/mol. The number of amides is 1. The van der Waals surface area contributed by atoms with Crippen LogP contribution in [0.1, 0.15) is 5.56 Å². The molecule has 0 fully saturated rings. The van der Waals surface area contributed by atoms with E-state index in [0.29, 0.717) is 22.7 Å². The maximum absolute atomic E-state index is 11.8. The van der Waals surface area contributed by atoms with Gasteiger partial charge in [0, 0.05) is 11.8 Å². The van der Waals surface area contributed by atoms with Crippen LogP contribution in [-0.2, 0) is 4.79 Å². The summed E-state index contributed by atoms with van der Waals surface area (Å²) in [7, 11) is 1.56. The van der Waals surface area contributed by atoms with E-state index in [9.17, 15) is 4.79 Å². The first kappa shape index (κ1) is 14.4. The van der Waals surface area contributed by atoms with Crippen molar-refractivity contribution in [2.75, 3.05) is 19.0 Å². The fourth-order valence-corrected chi connectivity index (χ4v) is 1.70. The first-order chi connectivity index (χ1) is 10.2. The van der Waals surface area contributed by atoms with Crippen molar-refractivity contribution < 1.29 is 14.3 Å². The number of rotatable bonds is 5. The molecule has 0 aliphatic rings. The summed E-state index contributed by atoms with van der Waals surface area (Å²) in [5, 5.41) is 11.5. The molecule has 0 aromatic heterocycles. The van der Waals surface area contributed by atoms with E-state index in [1.54, 1.807) is 55.6 Å². The standard InChI is InChI=1S/C16H14N2O3/c1-20-14-6-3-5-13(9-14)18-16(19)11-21-15-7-2-4-12(8-15)10-17/h2-9H,11H2,1H3,(H,18,19). The quantitative estimate of drug-likeness (QED) is 0.915. The summed E-state index contributed by atoms with van der Waals surface area (Å²) < 4.78 is 10.4. The van der Waals surface area contributed by atoms with Gasteiger partial charge in [0.2, 0.25) is 0 Å². The van der Waals surface area contributed by atoms with E-state index in [2.05, 4.69) is 5.32 Å². The van der Waals surface area contributed by atoms with Gasteiger partial charge in [-0.1, -0.05) is 12.1 Å². The Balaban J connectivity index is 1.91. The zero-order valence-corrected chi connectivity index (χ0v) is 11.5. The monoisotopic (exact) mass is 282 g/mol. The number of methoxy groups -OCH3 is 1. The Morgan fingerprint density at radius 3 is 2.71 bits per heavy atom. The summed E-state index contributed by atoms with van der Waals surface area (Å²) in [6, 6.07) is 15.7. The zero-order valence-electron chi connectivity index (χ0n) is 11.5. The van der Waals surface area contributed by atoms with Crippen LogP contribution < -0.4 is 14.8 Å². The van der Waals surface area contributed by atoms with Gasteiger partial charge in [-0.15, -0.1) is 0 Å². The molecule has 0 saturated heterocycles. The van der Waals surface area contributed by atoms with Gasteiger partial charge in [-0.2, -0.15) is 5.26 Å². The predicted octanol–water partition coefficient (Wildman–Crippen LogP) is 2.58. The van der Waals surface area contributed by atoms with Gasteiger partial charge >= 0.3 is 0 Å². The second kappa shape index (κ2) is 6.96. The Kier molecular flexibility index (Phi) is 4.78. The lowest BCUT2D eigenvalue weighted by atomic mass is 10.2. The van der Waals surface area contributed by atoms with Gasteiger partial charge in [-0.05, 0) is 30.3 Å². The van der Waals surface area contributed by atoms with Crippen LogP contribution in [0, 0.1) is 11.3 Å². The van der Waals surface area contributed by atoms with Crippen molar-refractivity contribution in [1.82, 2.24) is 0 Å². The molecule has 0 bridgehead atoms. The highest BCUT2D eigenvalue weighted by atomic mass is 16.5. The summed E-state index contributed by atoms with van der Waals surface area (Å²) >= 11 is 0. The molecule has 0 aliphatic carbocycles. The average molecular weight is 282 g/mol. The van der Waals surface area contributed by atoms with Crippen LogP contribution in [0.25, 0.3) is 0 Å². The highest BCUT2D eigenvalue weighted by molar-refractivity contribution is 5.92. The maximum atomic E-state index is 11.8. The molecule has 2 rings (SSSR count). The van der Waals surface area contributed by atoms with Gasteiger partial charge in [0.15, 0.2) is 6.61 Å². The van der Waals surface area contributed by atoms with E-state index in [-0.39, 0.29) is 12.5 Å². The lowest BCUT2D eigenvalue weighted by Crippen LogP contribution is -2.20. The van der Waals surface area contributed by atoms with Crippen molar-refractivity contribution in [3.63, 3.8) is 0 Å². The van der Waals surface area contributed by atoms with Crippen LogP contribution in [0.4, 0.5) is 5.69 Å². The molecule has 0 unspecified atom stereocenters. The fraction of sp³-hybridized carbons (Fsp3) is 0.125. The van der Waals surface area contributed by atoms with Crippen LogP contribution in [0.15, 0.2) is 48.5 Å². The Morgan fingerprint density at radius 1 is 1.19 bits per heavy atom. The highest BCUT2D eigenvalue weighted by Gasteiger charge is 2.05. The summed E-state index contributed by atoms with van der Waals surface area (Å²) in [5.41, 5.74) is 1.12. The van der Waals surface area contributed by atoms with Crippen molar-refractivity contribution in [2.24, 2.45) is 0 Å². The molecule has 106 valence electrons. The third-order valence-corrected chi connectivity index (χ3v) is 2.69. The first-order valence-corrected chi connectivity index (χ1v) is 6.28. The van der Waals surface area contributed by atoms with Crippen molar-refractivity contribution in [2.45, 2.75) is 0 Å². The van der Waals surface area contributed by atoms with Crippen LogP contribution >= 0.6 is 0 Å². The van der Waals surface area contributed by atoms with Crippen molar-refractivity contribution in [1.29, 1.82) is 5.26 Å². The van der Waals surface area contributed by atoms with Gasteiger partial charge in [-0.3, -0.25) is 4.79 Å². The van der Waals surface area contributed by atoms with Gasteiger partial charge in [0.1, 0.15) is 11.5 Å². The Bertz CT molecular complexity index is 677. The molecule has 0 saturated carbocycles. The van der Waals surface area contributed by atoms with E-state index in [0.717, 1.165) is 0 Å². The number of ether oxygens (including phenoxy) is 2. The smallest absolute Gasteiger partial charge is 0.262 e. The highest BCUT2D eigenvalue weighted by Crippen LogP contribution is 2.17. The molecular formula is C16H14N2O3. The molecule has 0 spiro atoms. The summed E-state index contributed by atoms with van der Waals surface area (Å²) in [6.07, 6.45) is 0. The van der Waals surface area contributed by atoms with Crippen LogP contribution in [0.2, 0.25) is 0 Å². The average Bonchev–Trinajstić information content (AvgIpc) is 2.53. The normalized spacial score (nSPS) is 9.52.